The van der Waals surface area contributed by atoms with Crippen LogP contribution in [-0.4, -0.2) is 25.2 Å². The molecule has 0 bridgehead atoms. The molecule has 1 N–H and O–H groups in total. The Morgan fingerprint density at radius 2 is 2.05 bits per heavy atom. The molecule has 20 heavy (non-hydrogen) atoms. The molecule has 3 aromatic rings. The van der Waals surface area contributed by atoms with Crippen LogP contribution in [0.3, 0.4) is 0 Å². The van der Waals surface area contributed by atoms with Crippen LogP contribution in [0.1, 0.15) is 5.82 Å². The summed E-state index contributed by atoms with van der Waals surface area (Å²) in [6.07, 6.45) is 1.63. The van der Waals surface area contributed by atoms with Crippen LogP contribution in [0.4, 0.5) is 0 Å². The molecule has 2 aromatic heterocycles. The molecule has 0 spiro atoms. The zero-order valence-electron chi connectivity index (χ0n) is 10.4. The van der Waals surface area contributed by atoms with Crippen molar-refractivity contribution in [2.75, 3.05) is 0 Å². The van der Waals surface area contributed by atoms with Gasteiger partial charge in [0.15, 0.2) is 0 Å². The average Bonchev–Trinajstić information content (AvgIpc) is 2.91. The first-order valence-electron chi connectivity index (χ1n) is 5.76. The molecule has 0 radical (unpaired) electrons. The highest BCUT2D eigenvalue weighted by Gasteiger charge is 2.15. The number of hydrogen-bond donors (Lipinski definition) is 1. The van der Waals surface area contributed by atoms with Crippen molar-refractivity contribution >= 4 is 15.9 Å². The Hall–Kier alpha value is -2.28. The number of phenols is 1. The van der Waals surface area contributed by atoms with E-state index < -0.39 is 0 Å². The van der Waals surface area contributed by atoms with Crippen molar-refractivity contribution in [2.24, 2.45) is 0 Å². The molecule has 0 amide bonds. The van der Waals surface area contributed by atoms with Crippen LogP contribution in [-0.2, 0) is 0 Å². The summed E-state index contributed by atoms with van der Waals surface area (Å²) >= 11 is 3.33. The zero-order chi connectivity index (χ0) is 14.1. The number of aromatic nitrogens is 4. The predicted octanol–water partition coefficient (Wildman–Crippen LogP) is 2.97. The third-order valence-corrected chi connectivity index (χ3v) is 3.11. The fraction of sp³-hybridized carbons (Fsp3) is 0.0769. The number of rotatable bonds is 2. The third-order valence-electron chi connectivity index (χ3n) is 2.62. The largest absolute Gasteiger partial charge is 0.507 e. The second kappa shape index (κ2) is 5.01. The van der Waals surface area contributed by atoms with Gasteiger partial charge in [-0.1, -0.05) is 21.1 Å². The van der Waals surface area contributed by atoms with Crippen molar-refractivity contribution in [1.29, 1.82) is 0 Å². The molecule has 2 heterocycles. The molecule has 0 saturated carbocycles. The van der Waals surface area contributed by atoms with Crippen LogP contribution in [0.25, 0.3) is 23.0 Å². The Labute approximate surface area is 122 Å². The lowest BCUT2D eigenvalue weighted by Gasteiger charge is -1.99. The minimum Gasteiger partial charge on any atom is -0.507 e. The van der Waals surface area contributed by atoms with Crippen molar-refractivity contribution in [3.63, 3.8) is 0 Å². The summed E-state index contributed by atoms with van der Waals surface area (Å²) < 4.78 is 5.99. The monoisotopic (exact) mass is 332 g/mol. The van der Waals surface area contributed by atoms with Crippen molar-refractivity contribution in [3.05, 3.63) is 40.8 Å². The van der Waals surface area contributed by atoms with E-state index in [2.05, 4.69) is 36.0 Å². The van der Waals surface area contributed by atoms with E-state index in [9.17, 15) is 5.11 Å². The number of benzene rings is 1. The van der Waals surface area contributed by atoms with E-state index in [1.54, 1.807) is 37.4 Å². The van der Waals surface area contributed by atoms with Crippen LogP contribution in [0, 0.1) is 6.92 Å². The van der Waals surface area contributed by atoms with E-state index >= 15 is 0 Å². The minimum atomic E-state index is 0.0715. The van der Waals surface area contributed by atoms with Crippen LogP contribution < -0.4 is 0 Å². The predicted molar refractivity (Wildman–Crippen MR) is 74.9 cm³/mol. The standard InChI is InChI=1S/C13H9BrN4O2/c1-7-15-5-4-10(16-7)12-17-13(20-18-12)9-6-8(14)2-3-11(9)19/h2-6,19H,1H3. The summed E-state index contributed by atoms with van der Waals surface area (Å²) in [4.78, 5) is 12.5. The highest BCUT2D eigenvalue weighted by Crippen LogP contribution is 2.31. The lowest BCUT2D eigenvalue weighted by molar-refractivity contribution is 0.425. The van der Waals surface area contributed by atoms with Gasteiger partial charge in [-0.2, -0.15) is 4.98 Å². The van der Waals surface area contributed by atoms with Gasteiger partial charge in [-0.05, 0) is 31.2 Å². The normalized spacial score (nSPS) is 10.7. The van der Waals surface area contributed by atoms with Gasteiger partial charge in [0.2, 0.25) is 5.82 Å². The Kier molecular flexibility index (Phi) is 3.19. The van der Waals surface area contributed by atoms with Gasteiger partial charge >= 0.3 is 0 Å². The smallest absolute Gasteiger partial charge is 0.262 e. The van der Waals surface area contributed by atoms with Gasteiger partial charge in [0, 0.05) is 10.7 Å². The van der Waals surface area contributed by atoms with E-state index in [4.69, 9.17) is 4.52 Å². The van der Waals surface area contributed by atoms with Crippen LogP contribution in [0.5, 0.6) is 5.75 Å². The first kappa shape index (κ1) is 12.7. The molecule has 0 saturated heterocycles. The first-order valence-corrected chi connectivity index (χ1v) is 6.55. The molecule has 0 aliphatic heterocycles. The van der Waals surface area contributed by atoms with Crippen molar-refractivity contribution in [3.8, 4) is 28.7 Å². The number of halogens is 1. The maximum Gasteiger partial charge on any atom is 0.262 e. The van der Waals surface area contributed by atoms with Gasteiger partial charge < -0.3 is 9.63 Å². The van der Waals surface area contributed by atoms with E-state index in [1.165, 1.54) is 0 Å². The molecule has 0 aliphatic carbocycles. The van der Waals surface area contributed by atoms with Crippen LogP contribution >= 0.6 is 15.9 Å². The van der Waals surface area contributed by atoms with Crippen molar-refractivity contribution in [1.82, 2.24) is 20.1 Å². The molecule has 1 aromatic carbocycles. The second-order valence-electron chi connectivity index (χ2n) is 4.07. The molecular weight excluding hydrogens is 324 g/mol. The quantitative estimate of drug-likeness (QED) is 0.776. The van der Waals surface area contributed by atoms with Gasteiger partial charge in [0.1, 0.15) is 17.3 Å². The van der Waals surface area contributed by atoms with Gasteiger partial charge in [-0.25, -0.2) is 9.97 Å². The van der Waals surface area contributed by atoms with Gasteiger partial charge in [-0.3, -0.25) is 0 Å². The Bertz CT molecular complexity index is 773. The van der Waals surface area contributed by atoms with Crippen LogP contribution in [0.2, 0.25) is 0 Å². The average molecular weight is 333 g/mol. The fourth-order valence-electron chi connectivity index (χ4n) is 1.70. The number of aryl methyl sites for hydroxylation is 1. The van der Waals surface area contributed by atoms with Crippen molar-refractivity contribution in [2.45, 2.75) is 6.92 Å². The van der Waals surface area contributed by atoms with E-state index in [0.717, 1.165) is 4.47 Å². The topological polar surface area (TPSA) is 84.9 Å². The maximum atomic E-state index is 9.84. The molecule has 6 nitrogen and oxygen atoms in total. The SMILES string of the molecule is Cc1nccc(-c2noc(-c3cc(Br)ccc3O)n2)n1. The summed E-state index contributed by atoms with van der Waals surface area (Å²) in [6, 6.07) is 6.68. The van der Waals surface area contributed by atoms with E-state index in [0.29, 0.717) is 22.9 Å². The Morgan fingerprint density at radius 3 is 2.85 bits per heavy atom. The minimum absolute atomic E-state index is 0.0715. The molecule has 0 fully saturated rings. The Morgan fingerprint density at radius 1 is 1.20 bits per heavy atom. The van der Waals surface area contributed by atoms with E-state index in [1.807, 2.05) is 0 Å². The molecule has 100 valence electrons. The highest BCUT2D eigenvalue weighted by molar-refractivity contribution is 9.10. The maximum absolute atomic E-state index is 9.84. The summed E-state index contributed by atoms with van der Waals surface area (Å²) in [7, 11) is 0. The highest BCUT2D eigenvalue weighted by atomic mass is 79.9. The lowest BCUT2D eigenvalue weighted by Crippen LogP contribution is -1.91. The van der Waals surface area contributed by atoms with Gasteiger partial charge in [-0.15, -0.1) is 0 Å². The fourth-order valence-corrected chi connectivity index (χ4v) is 2.06. The van der Waals surface area contributed by atoms with Gasteiger partial charge in [0.25, 0.3) is 5.89 Å². The van der Waals surface area contributed by atoms with Crippen molar-refractivity contribution < 1.29 is 9.63 Å². The number of phenolic OH excluding ortho intramolecular Hbond substituents is 1. The summed E-state index contributed by atoms with van der Waals surface area (Å²) in [5, 5.41) is 13.7. The van der Waals surface area contributed by atoms with E-state index in [-0.39, 0.29) is 11.6 Å². The third kappa shape index (κ3) is 2.39. The first-order chi connectivity index (χ1) is 9.63. The molecule has 0 aliphatic rings. The Balaban J connectivity index is 2.04. The molecule has 0 unspecified atom stereocenters. The number of aromatic hydroxyl groups is 1. The summed E-state index contributed by atoms with van der Waals surface area (Å²) in [6.45, 7) is 1.78. The number of nitrogens with zero attached hydrogens (tertiary/aromatic N) is 4. The molecule has 3 rings (SSSR count). The molecular formula is C13H9BrN4O2. The zero-order valence-corrected chi connectivity index (χ0v) is 12.0. The lowest BCUT2D eigenvalue weighted by atomic mass is 10.2. The van der Waals surface area contributed by atoms with Crippen LogP contribution in [0.15, 0.2) is 39.5 Å². The number of hydrogen-bond acceptors (Lipinski definition) is 6. The molecule has 7 heteroatoms. The van der Waals surface area contributed by atoms with Gasteiger partial charge in [0.05, 0.1) is 5.56 Å². The second-order valence-corrected chi connectivity index (χ2v) is 4.99. The summed E-state index contributed by atoms with van der Waals surface area (Å²) in [5.41, 5.74) is 1.03. The molecule has 0 atom stereocenters. The summed E-state index contributed by atoms with van der Waals surface area (Å²) in [5.74, 6) is 1.28.